The fraction of sp³-hybridized carbons (Fsp3) is 0.667. The number of aromatic nitrogens is 2. The summed E-state index contributed by atoms with van der Waals surface area (Å²) >= 11 is 1.58. The van der Waals surface area contributed by atoms with Gasteiger partial charge in [0.2, 0.25) is 0 Å². The third-order valence-electron chi connectivity index (χ3n) is 2.51. The number of rotatable bonds is 6. The van der Waals surface area contributed by atoms with Crippen molar-refractivity contribution in [2.45, 2.75) is 24.6 Å². The van der Waals surface area contributed by atoms with Crippen LogP contribution in [0.3, 0.4) is 0 Å². The van der Waals surface area contributed by atoms with Crippen LogP contribution in [0.4, 0.5) is 0 Å². The number of H-pyrrole nitrogens is 1. The number of sulfonamides is 1. The normalized spacial score (nSPS) is 14.2. The van der Waals surface area contributed by atoms with Gasteiger partial charge in [-0.1, -0.05) is 0 Å². The van der Waals surface area contributed by atoms with Crippen molar-refractivity contribution < 1.29 is 13.5 Å². The number of hydrogen-bond donors (Lipinski definition) is 2. The zero-order chi connectivity index (χ0) is 13.1. The number of aliphatic hydroxyl groups is 1. The minimum Gasteiger partial charge on any atom is -0.392 e. The number of aliphatic hydroxyl groups excluding tert-OH is 1. The van der Waals surface area contributed by atoms with Crippen molar-refractivity contribution in [1.82, 2.24) is 14.5 Å². The van der Waals surface area contributed by atoms with Gasteiger partial charge in [0.05, 0.1) is 12.8 Å². The molecule has 1 unspecified atom stereocenters. The summed E-state index contributed by atoms with van der Waals surface area (Å²) in [5.74, 6) is 0.707. The van der Waals surface area contributed by atoms with Crippen LogP contribution in [0.1, 0.15) is 12.5 Å². The summed E-state index contributed by atoms with van der Waals surface area (Å²) < 4.78 is 25.7. The molecule has 8 heteroatoms. The van der Waals surface area contributed by atoms with Gasteiger partial charge in [-0.25, -0.2) is 8.42 Å². The van der Waals surface area contributed by atoms with E-state index in [0.29, 0.717) is 5.75 Å². The highest BCUT2D eigenvalue weighted by Gasteiger charge is 2.28. The van der Waals surface area contributed by atoms with Crippen LogP contribution in [-0.2, 0) is 16.6 Å². The molecule has 0 radical (unpaired) electrons. The number of nitrogens with one attached hydrogen (secondary N) is 1. The molecule has 2 N–H and O–H groups in total. The summed E-state index contributed by atoms with van der Waals surface area (Å²) in [6.45, 7) is 1.48. The summed E-state index contributed by atoms with van der Waals surface area (Å²) in [6, 6.07) is -0.121. The Hall–Kier alpha value is -0.570. The second-order valence-electron chi connectivity index (χ2n) is 3.71. The lowest BCUT2D eigenvalue weighted by atomic mass is 10.4. The van der Waals surface area contributed by atoms with Crippen molar-refractivity contribution >= 4 is 21.8 Å². The van der Waals surface area contributed by atoms with Crippen molar-refractivity contribution in [3.8, 4) is 0 Å². The van der Waals surface area contributed by atoms with Crippen LogP contribution in [0.25, 0.3) is 0 Å². The molecule has 0 amide bonds. The van der Waals surface area contributed by atoms with E-state index >= 15 is 0 Å². The Kier molecular flexibility index (Phi) is 4.99. The molecule has 1 aromatic rings. The van der Waals surface area contributed by atoms with Crippen LogP contribution in [-0.4, -0.2) is 53.1 Å². The Morgan fingerprint density at radius 1 is 1.65 bits per heavy atom. The van der Waals surface area contributed by atoms with E-state index in [2.05, 4.69) is 10.2 Å². The first-order valence-electron chi connectivity index (χ1n) is 5.05. The van der Waals surface area contributed by atoms with Gasteiger partial charge >= 0.3 is 0 Å². The van der Waals surface area contributed by atoms with Crippen LogP contribution >= 0.6 is 11.8 Å². The molecule has 1 atom stereocenters. The van der Waals surface area contributed by atoms with E-state index in [0.717, 1.165) is 0 Å². The maximum Gasteiger partial charge on any atom is 0.260 e. The SMILES string of the molecule is CSCC(C)N(C)S(=O)(=O)c1[nH]ncc1CO. The Morgan fingerprint density at radius 3 is 2.82 bits per heavy atom. The molecular weight excluding hydrogens is 262 g/mol. The molecule has 0 spiro atoms. The molecule has 1 rings (SSSR count). The molecule has 98 valence electrons. The molecule has 0 aromatic carbocycles. The van der Waals surface area contributed by atoms with Gasteiger partial charge in [-0.3, -0.25) is 5.10 Å². The Labute approximate surface area is 105 Å². The second kappa shape index (κ2) is 5.85. The smallest absolute Gasteiger partial charge is 0.260 e. The van der Waals surface area contributed by atoms with Gasteiger partial charge in [-0.15, -0.1) is 0 Å². The van der Waals surface area contributed by atoms with Gasteiger partial charge in [0.15, 0.2) is 5.03 Å². The predicted molar refractivity (Wildman–Crippen MR) is 67.3 cm³/mol. The number of nitrogens with zero attached hydrogens (tertiary/aromatic N) is 2. The van der Waals surface area contributed by atoms with E-state index in [9.17, 15) is 8.42 Å². The molecule has 1 aromatic heterocycles. The lowest BCUT2D eigenvalue weighted by molar-refractivity contribution is 0.278. The first-order valence-corrected chi connectivity index (χ1v) is 7.88. The third kappa shape index (κ3) is 3.01. The lowest BCUT2D eigenvalue weighted by Gasteiger charge is -2.23. The maximum absolute atomic E-state index is 12.2. The first kappa shape index (κ1) is 14.5. The van der Waals surface area contributed by atoms with E-state index in [1.54, 1.807) is 11.8 Å². The summed E-state index contributed by atoms with van der Waals surface area (Å²) in [4.78, 5) is 0. The highest BCUT2D eigenvalue weighted by atomic mass is 32.2. The largest absolute Gasteiger partial charge is 0.392 e. The van der Waals surface area contributed by atoms with Crippen molar-refractivity contribution in [2.75, 3.05) is 19.1 Å². The Morgan fingerprint density at radius 2 is 2.29 bits per heavy atom. The van der Waals surface area contributed by atoms with Gasteiger partial charge in [-0.05, 0) is 13.2 Å². The predicted octanol–water partition coefficient (Wildman–Crippen LogP) is 0.274. The number of aromatic amines is 1. The molecule has 0 aliphatic heterocycles. The average molecular weight is 279 g/mol. The van der Waals surface area contributed by atoms with E-state index < -0.39 is 10.0 Å². The van der Waals surface area contributed by atoms with Crippen LogP contribution in [0, 0.1) is 0 Å². The standard InChI is InChI=1S/C9H17N3O3S2/c1-7(6-16-3)12(2)17(14,15)9-8(5-13)4-10-11-9/h4,7,13H,5-6H2,1-3H3,(H,10,11). The van der Waals surface area contributed by atoms with E-state index in [-0.39, 0.29) is 23.2 Å². The Balaban J connectivity index is 3.03. The quantitative estimate of drug-likeness (QED) is 0.781. The highest BCUT2D eigenvalue weighted by molar-refractivity contribution is 7.98. The zero-order valence-electron chi connectivity index (χ0n) is 10.0. The third-order valence-corrected chi connectivity index (χ3v) is 5.32. The molecule has 0 aliphatic rings. The van der Waals surface area contributed by atoms with Crippen LogP contribution in [0.15, 0.2) is 11.2 Å². The number of hydrogen-bond acceptors (Lipinski definition) is 5. The summed E-state index contributed by atoms with van der Waals surface area (Å²) in [5.41, 5.74) is 0.285. The van der Waals surface area contributed by atoms with Crippen molar-refractivity contribution in [2.24, 2.45) is 0 Å². The minimum atomic E-state index is -3.62. The Bertz CT molecular complexity index is 458. The van der Waals surface area contributed by atoms with Crippen LogP contribution in [0.5, 0.6) is 0 Å². The van der Waals surface area contributed by atoms with Crippen LogP contribution in [0.2, 0.25) is 0 Å². The average Bonchev–Trinajstić information content (AvgIpc) is 2.76. The second-order valence-corrected chi connectivity index (χ2v) is 6.55. The molecule has 0 saturated carbocycles. The molecule has 0 bridgehead atoms. The minimum absolute atomic E-state index is 0.0320. The molecule has 1 heterocycles. The topological polar surface area (TPSA) is 86.3 Å². The molecule has 17 heavy (non-hydrogen) atoms. The summed E-state index contributed by atoms with van der Waals surface area (Å²) in [7, 11) is -2.09. The molecule has 6 nitrogen and oxygen atoms in total. The zero-order valence-corrected chi connectivity index (χ0v) is 11.7. The van der Waals surface area contributed by atoms with Crippen molar-refractivity contribution in [3.63, 3.8) is 0 Å². The lowest BCUT2D eigenvalue weighted by Crippen LogP contribution is -2.37. The monoisotopic (exact) mass is 279 g/mol. The molecule has 0 aliphatic carbocycles. The molecule has 0 saturated heterocycles. The van der Waals surface area contributed by atoms with Gasteiger partial charge in [0.25, 0.3) is 10.0 Å². The molecule has 0 fully saturated rings. The van der Waals surface area contributed by atoms with Gasteiger partial charge in [0.1, 0.15) is 0 Å². The van der Waals surface area contributed by atoms with Crippen LogP contribution < -0.4 is 0 Å². The molecular formula is C9H17N3O3S2. The summed E-state index contributed by atoms with van der Waals surface area (Å²) in [6.07, 6.45) is 3.24. The fourth-order valence-corrected chi connectivity index (χ4v) is 3.62. The number of thioether (sulfide) groups is 1. The summed E-state index contributed by atoms with van der Waals surface area (Å²) in [5, 5.41) is 15.1. The first-order chi connectivity index (χ1) is 7.95. The highest BCUT2D eigenvalue weighted by Crippen LogP contribution is 2.19. The fourth-order valence-electron chi connectivity index (χ4n) is 1.36. The van der Waals surface area contributed by atoms with E-state index in [4.69, 9.17) is 5.11 Å². The van der Waals surface area contributed by atoms with Crippen molar-refractivity contribution in [3.05, 3.63) is 11.8 Å². The van der Waals surface area contributed by atoms with Crippen molar-refractivity contribution in [1.29, 1.82) is 0 Å². The maximum atomic E-state index is 12.2. The van der Waals surface area contributed by atoms with Gasteiger partial charge < -0.3 is 5.11 Å². The van der Waals surface area contributed by atoms with E-state index in [1.165, 1.54) is 17.5 Å². The van der Waals surface area contributed by atoms with Gasteiger partial charge in [0, 0.05) is 24.4 Å². The van der Waals surface area contributed by atoms with Gasteiger partial charge in [-0.2, -0.15) is 21.2 Å². The van der Waals surface area contributed by atoms with E-state index in [1.807, 2.05) is 13.2 Å².